The van der Waals surface area contributed by atoms with Gasteiger partial charge in [0.25, 0.3) is 5.91 Å². The number of nitrogens with zero attached hydrogens (tertiary/aromatic N) is 3. The lowest BCUT2D eigenvalue weighted by Crippen LogP contribution is -2.35. The molecule has 0 spiro atoms. The normalized spacial score (nSPS) is 17.8. The van der Waals surface area contributed by atoms with Gasteiger partial charge in [-0.25, -0.2) is 14.6 Å². The second-order valence-corrected chi connectivity index (χ2v) is 7.02. The standard InChI is InChI=1S/C22H23N3O7/c1-2-30-31-14-19-18(13-17-7-8-20(32-17)24-9-11-29-12-10-24)21(26)25(23-19)16-5-3-15(4-6-16)22(27)28/h3-8,13H,2,9-12,14H2,1H3,(H,27,28)/b18-13-. The van der Waals surface area contributed by atoms with Crippen LogP contribution in [-0.4, -0.2) is 62.2 Å². The Morgan fingerprint density at radius 1 is 1.16 bits per heavy atom. The van der Waals surface area contributed by atoms with E-state index in [1.165, 1.54) is 29.3 Å². The summed E-state index contributed by atoms with van der Waals surface area (Å²) in [6, 6.07) is 9.53. The van der Waals surface area contributed by atoms with Crippen molar-refractivity contribution in [3.8, 4) is 0 Å². The predicted molar refractivity (Wildman–Crippen MR) is 116 cm³/mol. The summed E-state index contributed by atoms with van der Waals surface area (Å²) in [6.45, 7) is 4.83. The summed E-state index contributed by atoms with van der Waals surface area (Å²) in [6.07, 6.45) is 1.62. The smallest absolute Gasteiger partial charge is 0.335 e. The fourth-order valence-electron chi connectivity index (χ4n) is 3.33. The second-order valence-electron chi connectivity index (χ2n) is 7.02. The molecule has 168 valence electrons. The summed E-state index contributed by atoms with van der Waals surface area (Å²) in [4.78, 5) is 36.4. The first-order chi connectivity index (χ1) is 15.6. The average molecular weight is 441 g/mol. The van der Waals surface area contributed by atoms with E-state index in [9.17, 15) is 9.59 Å². The number of carbonyl (C=O) groups is 2. The number of carboxylic acid groups (broad SMARTS) is 1. The van der Waals surface area contributed by atoms with Gasteiger partial charge in [0.15, 0.2) is 5.88 Å². The Labute approximate surface area is 184 Å². The highest BCUT2D eigenvalue weighted by molar-refractivity contribution is 6.33. The summed E-state index contributed by atoms with van der Waals surface area (Å²) in [7, 11) is 0. The fraction of sp³-hybridized carbons (Fsp3) is 0.318. The molecule has 10 heteroatoms. The molecule has 0 bridgehead atoms. The van der Waals surface area contributed by atoms with Gasteiger partial charge in [-0.3, -0.25) is 4.79 Å². The highest BCUT2D eigenvalue weighted by atomic mass is 17.2. The minimum Gasteiger partial charge on any atom is -0.478 e. The quantitative estimate of drug-likeness (QED) is 0.288. The van der Waals surface area contributed by atoms with Gasteiger partial charge < -0.3 is 19.2 Å². The van der Waals surface area contributed by atoms with Gasteiger partial charge in [-0.1, -0.05) is 0 Å². The van der Waals surface area contributed by atoms with Crippen molar-refractivity contribution in [1.82, 2.24) is 0 Å². The highest BCUT2D eigenvalue weighted by Crippen LogP contribution is 2.27. The average Bonchev–Trinajstić information content (AvgIpc) is 3.40. The molecule has 1 aromatic heterocycles. The van der Waals surface area contributed by atoms with E-state index in [0.717, 1.165) is 13.1 Å². The molecular formula is C22H23N3O7. The van der Waals surface area contributed by atoms with Crippen LogP contribution in [0.1, 0.15) is 23.0 Å². The summed E-state index contributed by atoms with van der Waals surface area (Å²) in [5, 5.41) is 14.7. The maximum Gasteiger partial charge on any atom is 0.335 e. The molecule has 0 saturated carbocycles. The van der Waals surface area contributed by atoms with Gasteiger partial charge in [-0.05, 0) is 43.3 Å². The first kappa shape index (κ1) is 21.8. The maximum absolute atomic E-state index is 13.1. The zero-order chi connectivity index (χ0) is 22.5. The summed E-state index contributed by atoms with van der Waals surface area (Å²) in [5.74, 6) is -0.224. The molecule has 32 heavy (non-hydrogen) atoms. The predicted octanol–water partition coefficient (Wildman–Crippen LogP) is 2.57. The van der Waals surface area contributed by atoms with Crippen LogP contribution in [0, 0.1) is 0 Å². The van der Waals surface area contributed by atoms with Crippen LogP contribution in [0.25, 0.3) is 6.08 Å². The van der Waals surface area contributed by atoms with Crippen molar-refractivity contribution in [2.45, 2.75) is 6.92 Å². The number of hydrazone groups is 1. The van der Waals surface area contributed by atoms with Crippen molar-refractivity contribution in [2.75, 3.05) is 49.4 Å². The molecule has 1 aromatic carbocycles. The van der Waals surface area contributed by atoms with Crippen molar-refractivity contribution >= 4 is 35.2 Å². The van der Waals surface area contributed by atoms with E-state index in [1.54, 1.807) is 19.1 Å². The molecule has 2 aliphatic rings. The molecule has 1 fully saturated rings. The van der Waals surface area contributed by atoms with Crippen LogP contribution in [0.2, 0.25) is 0 Å². The zero-order valence-corrected chi connectivity index (χ0v) is 17.5. The van der Waals surface area contributed by atoms with E-state index >= 15 is 0 Å². The van der Waals surface area contributed by atoms with Crippen LogP contribution in [-0.2, 0) is 19.3 Å². The number of morpholine rings is 1. The number of furan rings is 1. The van der Waals surface area contributed by atoms with Gasteiger partial charge in [0.05, 0.1) is 36.6 Å². The lowest BCUT2D eigenvalue weighted by atomic mass is 10.1. The minimum atomic E-state index is -1.05. The van der Waals surface area contributed by atoms with Crippen molar-refractivity contribution in [2.24, 2.45) is 5.10 Å². The van der Waals surface area contributed by atoms with E-state index in [2.05, 4.69) is 10.0 Å². The Hall–Kier alpha value is -3.47. The van der Waals surface area contributed by atoms with Crippen LogP contribution >= 0.6 is 0 Å². The van der Waals surface area contributed by atoms with Gasteiger partial charge in [0.1, 0.15) is 18.1 Å². The zero-order valence-electron chi connectivity index (χ0n) is 17.5. The Morgan fingerprint density at radius 2 is 1.91 bits per heavy atom. The first-order valence-electron chi connectivity index (χ1n) is 10.2. The number of hydrogen-bond acceptors (Lipinski definition) is 8. The Kier molecular flexibility index (Phi) is 6.64. The monoisotopic (exact) mass is 441 g/mol. The van der Waals surface area contributed by atoms with Gasteiger partial charge in [-0.15, -0.1) is 0 Å². The summed E-state index contributed by atoms with van der Waals surface area (Å²) in [5.41, 5.74) is 1.22. The van der Waals surface area contributed by atoms with Gasteiger partial charge in [-0.2, -0.15) is 10.1 Å². The molecule has 1 saturated heterocycles. The summed E-state index contributed by atoms with van der Waals surface area (Å²) >= 11 is 0. The van der Waals surface area contributed by atoms with Crippen molar-refractivity contribution in [3.63, 3.8) is 0 Å². The first-order valence-corrected chi connectivity index (χ1v) is 10.2. The summed E-state index contributed by atoms with van der Waals surface area (Å²) < 4.78 is 11.3. The number of carbonyl (C=O) groups excluding carboxylic acids is 1. The van der Waals surface area contributed by atoms with Crippen LogP contribution < -0.4 is 9.91 Å². The van der Waals surface area contributed by atoms with Crippen LogP contribution in [0.5, 0.6) is 0 Å². The Bertz CT molecular complexity index is 1040. The van der Waals surface area contributed by atoms with Crippen LogP contribution in [0.3, 0.4) is 0 Å². The highest BCUT2D eigenvalue weighted by Gasteiger charge is 2.32. The largest absolute Gasteiger partial charge is 0.478 e. The molecule has 1 N–H and O–H groups in total. The van der Waals surface area contributed by atoms with Crippen molar-refractivity contribution in [3.05, 3.63) is 53.3 Å². The van der Waals surface area contributed by atoms with E-state index in [4.69, 9.17) is 24.0 Å². The van der Waals surface area contributed by atoms with E-state index in [0.29, 0.717) is 48.4 Å². The number of carboxylic acids is 1. The molecule has 1 amide bonds. The lowest BCUT2D eigenvalue weighted by molar-refractivity contribution is -0.279. The molecule has 10 nitrogen and oxygen atoms in total. The maximum atomic E-state index is 13.1. The van der Waals surface area contributed by atoms with Gasteiger partial charge >= 0.3 is 5.97 Å². The number of ether oxygens (including phenoxy) is 1. The molecule has 4 rings (SSSR count). The number of anilines is 2. The van der Waals surface area contributed by atoms with Crippen LogP contribution in [0.15, 0.2) is 51.5 Å². The third-order valence-corrected chi connectivity index (χ3v) is 4.93. The topological polar surface area (TPSA) is 114 Å². The number of amides is 1. The lowest BCUT2D eigenvalue weighted by Gasteiger charge is -2.26. The van der Waals surface area contributed by atoms with Crippen molar-refractivity contribution in [1.29, 1.82) is 0 Å². The Balaban J connectivity index is 1.59. The molecule has 0 atom stereocenters. The molecule has 2 aromatic rings. The molecule has 0 radical (unpaired) electrons. The molecule has 0 unspecified atom stereocenters. The SMILES string of the molecule is CCOOCC1=NN(c2ccc(C(=O)O)cc2)C(=O)/C1=C\c1ccc(N2CCOCC2)o1. The minimum absolute atomic E-state index is 0.0356. The molecule has 0 aliphatic carbocycles. The number of aromatic carboxylic acids is 1. The third-order valence-electron chi connectivity index (χ3n) is 4.93. The number of rotatable bonds is 8. The van der Waals surface area contributed by atoms with Gasteiger partial charge in [0.2, 0.25) is 0 Å². The second kappa shape index (κ2) is 9.77. The number of benzene rings is 1. The Morgan fingerprint density at radius 3 is 2.59 bits per heavy atom. The van der Waals surface area contributed by atoms with Gasteiger partial charge in [0, 0.05) is 19.2 Å². The van der Waals surface area contributed by atoms with E-state index in [1.807, 2.05) is 6.07 Å². The van der Waals surface area contributed by atoms with E-state index < -0.39 is 5.97 Å². The van der Waals surface area contributed by atoms with Crippen LogP contribution in [0.4, 0.5) is 11.6 Å². The van der Waals surface area contributed by atoms with E-state index in [-0.39, 0.29) is 18.1 Å². The third kappa shape index (κ3) is 4.72. The molecule has 2 aliphatic heterocycles. The van der Waals surface area contributed by atoms with Crippen molar-refractivity contribution < 1.29 is 33.6 Å². The molecule has 3 heterocycles. The fourth-order valence-corrected chi connectivity index (χ4v) is 3.33. The molecular weight excluding hydrogens is 418 g/mol. The number of hydrogen-bond donors (Lipinski definition) is 1.